The predicted molar refractivity (Wildman–Crippen MR) is 118 cm³/mol. The van der Waals surface area contributed by atoms with Gasteiger partial charge in [-0.05, 0) is 51.1 Å². The largest absolute Gasteiger partial charge is 0.493 e. The lowest BCUT2D eigenvalue weighted by atomic mass is 10.1. The summed E-state index contributed by atoms with van der Waals surface area (Å²) in [5, 5.41) is 16.0. The van der Waals surface area contributed by atoms with Crippen molar-refractivity contribution >= 4 is 35.2 Å². The zero-order valence-corrected chi connectivity index (χ0v) is 19.0. The fourth-order valence-electron chi connectivity index (χ4n) is 2.47. The Kier molecular flexibility index (Phi) is 8.19. The number of rotatable bonds is 7. The molecular weight excluding hydrogens is 458 g/mol. The summed E-state index contributed by atoms with van der Waals surface area (Å²) in [4.78, 5) is 46.4. The van der Waals surface area contributed by atoms with Crippen molar-refractivity contribution in [3.63, 3.8) is 0 Å². The van der Waals surface area contributed by atoms with E-state index in [0.717, 1.165) is 6.07 Å². The molecule has 0 saturated carbocycles. The van der Waals surface area contributed by atoms with Crippen LogP contribution in [0, 0.1) is 10.1 Å². The maximum absolute atomic E-state index is 12.3. The molecule has 0 spiro atoms. The Labute approximate surface area is 194 Å². The third-order valence-electron chi connectivity index (χ3n) is 3.81. The average Bonchev–Trinajstić information content (AvgIpc) is 2.71. The van der Waals surface area contributed by atoms with Gasteiger partial charge >= 0.3 is 17.7 Å². The fourth-order valence-corrected chi connectivity index (χ4v) is 2.63. The van der Waals surface area contributed by atoms with E-state index in [-0.39, 0.29) is 33.5 Å². The number of hydrogen-bond acceptors (Lipinski definition) is 8. The number of hydrogen-bond donors (Lipinski definition) is 2. The van der Waals surface area contributed by atoms with Crippen LogP contribution < -0.4 is 20.1 Å². The lowest BCUT2D eigenvalue weighted by Gasteiger charge is -2.20. The molecule has 0 saturated heterocycles. The van der Waals surface area contributed by atoms with Gasteiger partial charge in [-0.15, -0.1) is 0 Å². The van der Waals surface area contributed by atoms with Gasteiger partial charge in [0.1, 0.15) is 0 Å². The van der Waals surface area contributed by atoms with E-state index < -0.39 is 35.0 Å². The van der Waals surface area contributed by atoms with E-state index >= 15 is 0 Å². The number of carbonyl (C=O) groups excluding carboxylic acids is 3. The van der Waals surface area contributed by atoms with Crippen LogP contribution in [0.3, 0.4) is 0 Å². The van der Waals surface area contributed by atoms with E-state index in [9.17, 15) is 24.5 Å². The van der Waals surface area contributed by atoms with Crippen LogP contribution in [0.4, 0.5) is 10.5 Å². The van der Waals surface area contributed by atoms with Crippen LogP contribution in [0.25, 0.3) is 0 Å². The number of nitro benzene ring substituents is 1. The van der Waals surface area contributed by atoms with Crippen LogP contribution >= 0.6 is 11.6 Å². The third kappa shape index (κ3) is 7.65. The summed E-state index contributed by atoms with van der Waals surface area (Å²) in [6, 6.07) is 7.14. The smallest absolute Gasteiger partial charge is 0.338 e. The lowest BCUT2D eigenvalue weighted by molar-refractivity contribution is -0.385. The number of nitrogens with zero attached hydrogens (tertiary/aromatic N) is 1. The number of amides is 3. The van der Waals surface area contributed by atoms with Gasteiger partial charge in [-0.1, -0.05) is 11.6 Å². The molecule has 0 radical (unpaired) electrons. The summed E-state index contributed by atoms with van der Waals surface area (Å²) in [6.07, 6.45) is 0. The summed E-state index contributed by atoms with van der Waals surface area (Å²) >= 11 is 5.80. The Bertz CT molecular complexity index is 1080. The van der Waals surface area contributed by atoms with Crippen molar-refractivity contribution in [3.05, 3.63) is 57.1 Å². The number of esters is 1. The van der Waals surface area contributed by atoms with Gasteiger partial charge in [-0.25, -0.2) is 9.59 Å². The van der Waals surface area contributed by atoms with Gasteiger partial charge in [0.25, 0.3) is 5.91 Å². The minimum absolute atomic E-state index is 0.0248. The molecule has 2 N–H and O–H groups in total. The number of nitro groups is 1. The molecule has 2 aromatic rings. The maximum atomic E-state index is 12.3. The minimum Gasteiger partial charge on any atom is -0.493 e. The average molecular weight is 480 g/mol. The molecule has 0 unspecified atom stereocenters. The highest BCUT2D eigenvalue weighted by Gasteiger charge is 2.20. The molecule has 3 amide bonds. The van der Waals surface area contributed by atoms with Gasteiger partial charge in [0.05, 0.1) is 17.6 Å². The van der Waals surface area contributed by atoms with Crippen LogP contribution in [-0.4, -0.2) is 42.1 Å². The SMILES string of the molecule is COc1cc(C(=O)OCC(=O)NC(=O)NC(C)(C)C)ccc1Oc1ccc(Cl)cc1[N+](=O)[O-]. The second-order valence-electron chi connectivity index (χ2n) is 7.67. The van der Waals surface area contributed by atoms with Gasteiger partial charge in [-0.2, -0.15) is 0 Å². The van der Waals surface area contributed by atoms with E-state index in [1.165, 1.54) is 37.4 Å². The van der Waals surface area contributed by atoms with Gasteiger partial charge in [-0.3, -0.25) is 20.2 Å². The molecular formula is C21H22ClN3O8. The molecule has 0 heterocycles. The normalized spacial score (nSPS) is 10.7. The van der Waals surface area contributed by atoms with Gasteiger partial charge in [0, 0.05) is 16.6 Å². The molecule has 0 aromatic heterocycles. The molecule has 0 bridgehead atoms. The first kappa shape index (κ1) is 25.4. The molecule has 33 heavy (non-hydrogen) atoms. The van der Waals surface area contributed by atoms with Crippen molar-refractivity contribution in [2.45, 2.75) is 26.3 Å². The first-order valence-corrected chi connectivity index (χ1v) is 9.86. The molecule has 0 fully saturated rings. The molecule has 2 aromatic carbocycles. The molecule has 0 aliphatic carbocycles. The molecule has 0 aliphatic rings. The van der Waals surface area contributed by atoms with Crippen LogP contribution in [0.1, 0.15) is 31.1 Å². The zero-order chi connectivity index (χ0) is 24.8. The maximum Gasteiger partial charge on any atom is 0.338 e. The molecule has 0 aliphatic heterocycles. The third-order valence-corrected chi connectivity index (χ3v) is 4.05. The van der Waals surface area contributed by atoms with Crippen molar-refractivity contribution in [1.82, 2.24) is 10.6 Å². The van der Waals surface area contributed by atoms with Crippen molar-refractivity contribution in [3.8, 4) is 17.2 Å². The van der Waals surface area contributed by atoms with Crippen molar-refractivity contribution in [1.29, 1.82) is 0 Å². The Hall–Kier alpha value is -3.86. The van der Waals surface area contributed by atoms with Crippen LogP contribution in [0.15, 0.2) is 36.4 Å². The highest BCUT2D eigenvalue weighted by Crippen LogP contribution is 2.37. The molecule has 2 rings (SSSR count). The minimum atomic E-state index is -0.858. The number of urea groups is 1. The first-order valence-electron chi connectivity index (χ1n) is 9.48. The predicted octanol–water partition coefficient (Wildman–Crippen LogP) is 3.83. The standard InChI is InChI=1S/C21H22ClN3O8/c1-21(2,3)24-20(28)23-18(26)11-32-19(27)12-5-7-16(17(9-12)31-4)33-15-8-6-13(22)10-14(15)25(29)30/h5-10H,11H2,1-4H3,(H2,23,24,26,28). The number of ether oxygens (including phenoxy) is 3. The van der Waals surface area contributed by atoms with Crippen LogP contribution in [0.2, 0.25) is 5.02 Å². The number of benzene rings is 2. The van der Waals surface area contributed by atoms with Crippen molar-refractivity contribution < 1.29 is 33.5 Å². The van der Waals surface area contributed by atoms with E-state index in [4.69, 9.17) is 25.8 Å². The number of carbonyl (C=O) groups is 3. The van der Waals surface area contributed by atoms with Crippen LogP contribution in [0.5, 0.6) is 17.2 Å². The van der Waals surface area contributed by atoms with Gasteiger partial charge in [0.15, 0.2) is 18.1 Å². The number of imide groups is 1. The van der Waals surface area contributed by atoms with Gasteiger partial charge in [0.2, 0.25) is 5.75 Å². The summed E-state index contributed by atoms with van der Waals surface area (Å²) in [5.74, 6) is -1.57. The second-order valence-corrected chi connectivity index (χ2v) is 8.10. The quantitative estimate of drug-likeness (QED) is 0.346. The fraction of sp³-hybridized carbons (Fsp3) is 0.286. The van der Waals surface area contributed by atoms with E-state index in [0.29, 0.717) is 0 Å². The Morgan fingerprint density at radius 2 is 1.73 bits per heavy atom. The number of halogens is 1. The number of nitrogens with one attached hydrogen (secondary N) is 2. The highest BCUT2D eigenvalue weighted by atomic mass is 35.5. The molecule has 0 atom stereocenters. The van der Waals surface area contributed by atoms with Crippen molar-refractivity contribution in [2.24, 2.45) is 0 Å². The Balaban J connectivity index is 2.07. The molecule has 11 nitrogen and oxygen atoms in total. The number of methoxy groups -OCH3 is 1. The first-order chi connectivity index (χ1) is 15.4. The second kappa shape index (κ2) is 10.6. The topological polar surface area (TPSA) is 146 Å². The summed E-state index contributed by atoms with van der Waals surface area (Å²) < 4.78 is 15.7. The highest BCUT2D eigenvalue weighted by molar-refractivity contribution is 6.30. The Morgan fingerprint density at radius 1 is 1.06 bits per heavy atom. The van der Waals surface area contributed by atoms with Crippen LogP contribution in [-0.2, 0) is 9.53 Å². The van der Waals surface area contributed by atoms with E-state index in [2.05, 4.69) is 5.32 Å². The molecule has 12 heteroatoms. The lowest BCUT2D eigenvalue weighted by Crippen LogP contribution is -2.49. The zero-order valence-electron chi connectivity index (χ0n) is 18.3. The monoisotopic (exact) mass is 479 g/mol. The molecule has 176 valence electrons. The summed E-state index contributed by atoms with van der Waals surface area (Å²) in [7, 11) is 1.31. The van der Waals surface area contributed by atoms with Gasteiger partial charge < -0.3 is 19.5 Å². The van der Waals surface area contributed by atoms with Crippen molar-refractivity contribution in [2.75, 3.05) is 13.7 Å². The summed E-state index contributed by atoms with van der Waals surface area (Å²) in [6.45, 7) is 4.53. The van der Waals surface area contributed by atoms with E-state index in [1.807, 2.05) is 5.32 Å². The summed E-state index contributed by atoms with van der Waals surface area (Å²) in [5.41, 5.74) is -0.875. The Morgan fingerprint density at radius 3 is 2.33 bits per heavy atom. The van der Waals surface area contributed by atoms with E-state index in [1.54, 1.807) is 20.8 Å².